The van der Waals surface area contributed by atoms with Crippen LogP contribution in [0.1, 0.15) is 19.8 Å². The number of hydrogen-bond donors (Lipinski definition) is 2. The quantitative estimate of drug-likeness (QED) is 0.739. The summed E-state index contributed by atoms with van der Waals surface area (Å²) >= 11 is 3.26. The summed E-state index contributed by atoms with van der Waals surface area (Å²) in [7, 11) is -3.54. The van der Waals surface area contributed by atoms with E-state index in [0.29, 0.717) is 23.9 Å². The van der Waals surface area contributed by atoms with Crippen LogP contribution >= 0.6 is 15.9 Å². The number of rotatable bonds is 7. The van der Waals surface area contributed by atoms with Crippen LogP contribution in [0.25, 0.3) is 0 Å². The molecule has 0 aliphatic heterocycles. The predicted octanol–water partition coefficient (Wildman–Crippen LogP) is 1.66. The maximum Gasteiger partial charge on any atom is 0.317 e. The molecule has 22 heavy (non-hydrogen) atoms. The van der Waals surface area contributed by atoms with Crippen molar-refractivity contribution in [1.82, 2.24) is 9.62 Å². The molecule has 0 atom stereocenters. The summed E-state index contributed by atoms with van der Waals surface area (Å²) in [6, 6.07) is 6.53. The van der Waals surface area contributed by atoms with Crippen LogP contribution in [0.4, 0.5) is 0 Å². The van der Waals surface area contributed by atoms with Crippen LogP contribution < -0.4 is 4.72 Å². The van der Waals surface area contributed by atoms with Gasteiger partial charge < -0.3 is 5.11 Å². The number of nitrogens with one attached hydrogen (secondary N) is 1. The molecule has 1 aliphatic rings. The van der Waals surface area contributed by atoms with E-state index in [0.717, 1.165) is 0 Å². The molecule has 1 aromatic carbocycles. The minimum atomic E-state index is -3.54. The van der Waals surface area contributed by atoms with E-state index in [9.17, 15) is 13.2 Å². The fourth-order valence-corrected chi connectivity index (χ4v) is 4.43. The zero-order valence-electron chi connectivity index (χ0n) is 12.2. The SMILES string of the molecule is CCN(CC(=O)O)C1CC(NS(=O)(=O)c2cccc(Br)c2)C1. The van der Waals surface area contributed by atoms with E-state index in [2.05, 4.69) is 20.7 Å². The molecule has 1 fully saturated rings. The monoisotopic (exact) mass is 390 g/mol. The lowest BCUT2D eigenvalue weighted by molar-refractivity contribution is -0.139. The highest BCUT2D eigenvalue weighted by Crippen LogP contribution is 2.27. The standard InChI is InChI=1S/C14H19BrN2O4S/c1-2-17(9-14(18)19)12-7-11(8-12)16-22(20,21)13-5-3-4-10(15)6-13/h3-6,11-12,16H,2,7-9H2,1H3,(H,18,19). The van der Waals surface area contributed by atoms with Crippen molar-refractivity contribution in [2.45, 2.75) is 36.7 Å². The smallest absolute Gasteiger partial charge is 0.317 e. The second kappa shape index (κ2) is 7.08. The van der Waals surface area contributed by atoms with Gasteiger partial charge in [-0.25, -0.2) is 13.1 Å². The summed E-state index contributed by atoms with van der Waals surface area (Å²) in [4.78, 5) is 12.9. The van der Waals surface area contributed by atoms with Crippen molar-refractivity contribution < 1.29 is 18.3 Å². The van der Waals surface area contributed by atoms with E-state index in [4.69, 9.17) is 5.11 Å². The number of halogens is 1. The van der Waals surface area contributed by atoms with E-state index >= 15 is 0 Å². The highest BCUT2D eigenvalue weighted by Gasteiger charge is 2.36. The van der Waals surface area contributed by atoms with Gasteiger partial charge in [0.05, 0.1) is 11.4 Å². The van der Waals surface area contributed by atoms with Gasteiger partial charge in [0.1, 0.15) is 0 Å². The van der Waals surface area contributed by atoms with Crippen molar-refractivity contribution in [3.63, 3.8) is 0 Å². The number of carboxylic acid groups (broad SMARTS) is 1. The number of carbonyl (C=O) groups is 1. The highest BCUT2D eigenvalue weighted by molar-refractivity contribution is 9.10. The topological polar surface area (TPSA) is 86.7 Å². The average molecular weight is 391 g/mol. The minimum Gasteiger partial charge on any atom is -0.480 e. The van der Waals surface area contributed by atoms with Gasteiger partial charge in [0.25, 0.3) is 0 Å². The van der Waals surface area contributed by atoms with Gasteiger partial charge in [-0.05, 0) is 37.6 Å². The van der Waals surface area contributed by atoms with Crippen LogP contribution in [0, 0.1) is 0 Å². The Morgan fingerprint density at radius 1 is 1.45 bits per heavy atom. The lowest BCUT2D eigenvalue weighted by atomic mass is 9.86. The Kier molecular flexibility index (Phi) is 5.60. The molecule has 0 spiro atoms. The van der Waals surface area contributed by atoms with Crippen LogP contribution in [0.5, 0.6) is 0 Å². The summed E-state index contributed by atoms with van der Waals surface area (Å²) in [5.74, 6) is -0.861. The van der Waals surface area contributed by atoms with Crippen molar-refractivity contribution in [3.8, 4) is 0 Å². The molecule has 0 unspecified atom stereocenters. The number of sulfonamides is 1. The number of likely N-dealkylation sites (N-methyl/N-ethyl adjacent to an activating group) is 1. The molecule has 6 nitrogen and oxygen atoms in total. The number of carboxylic acids is 1. The van der Waals surface area contributed by atoms with Gasteiger partial charge in [-0.1, -0.05) is 28.9 Å². The Morgan fingerprint density at radius 3 is 2.68 bits per heavy atom. The van der Waals surface area contributed by atoms with E-state index < -0.39 is 16.0 Å². The molecular formula is C14H19BrN2O4S. The second-order valence-electron chi connectivity index (χ2n) is 5.36. The lowest BCUT2D eigenvalue weighted by Gasteiger charge is -2.42. The summed E-state index contributed by atoms with van der Waals surface area (Å²) in [6.45, 7) is 2.54. The van der Waals surface area contributed by atoms with Crippen LogP contribution in [0.2, 0.25) is 0 Å². The first-order valence-corrected chi connectivity index (χ1v) is 9.33. The first kappa shape index (κ1) is 17.4. The second-order valence-corrected chi connectivity index (χ2v) is 7.99. The molecule has 0 heterocycles. The van der Waals surface area contributed by atoms with Gasteiger partial charge in [0.15, 0.2) is 0 Å². The van der Waals surface area contributed by atoms with Gasteiger partial charge in [-0.3, -0.25) is 9.69 Å². The molecule has 1 saturated carbocycles. The molecule has 2 rings (SSSR count). The zero-order chi connectivity index (χ0) is 16.3. The first-order chi connectivity index (χ1) is 10.3. The largest absolute Gasteiger partial charge is 0.480 e. The lowest BCUT2D eigenvalue weighted by Crippen LogP contribution is -2.54. The molecule has 0 aromatic heterocycles. The molecule has 8 heteroatoms. The van der Waals surface area contributed by atoms with Gasteiger partial charge in [0, 0.05) is 16.6 Å². The molecule has 2 N–H and O–H groups in total. The molecule has 122 valence electrons. The van der Waals surface area contributed by atoms with Crippen molar-refractivity contribution >= 4 is 31.9 Å². The predicted molar refractivity (Wildman–Crippen MR) is 86.2 cm³/mol. The van der Waals surface area contributed by atoms with E-state index in [-0.39, 0.29) is 23.5 Å². The molecular weight excluding hydrogens is 372 g/mol. The Hall–Kier alpha value is -0.960. The van der Waals surface area contributed by atoms with E-state index in [1.54, 1.807) is 24.3 Å². The van der Waals surface area contributed by atoms with E-state index in [1.165, 1.54) is 0 Å². The van der Waals surface area contributed by atoms with Crippen molar-refractivity contribution in [3.05, 3.63) is 28.7 Å². The van der Waals surface area contributed by atoms with Crippen molar-refractivity contribution in [1.29, 1.82) is 0 Å². The first-order valence-electron chi connectivity index (χ1n) is 7.05. The van der Waals surface area contributed by atoms with Crippen molar-refractivity contribution in [2.75, 3.05) is 13.1 Å². The van der Waals surface area contributed by atoms with Gasteiger partial charge in [-0.2, -0.15) is 0 Å². The summed E-state index contributed by atoms with van der Waals surface area (Å²) in [6.07, 6.45) is 1.27. The Morgan fingerprint density at radius 2 is 2.14 bits per heavy atom. The molecule has 0 bridgehead atoms. The summed E-state index contributed by atoms with van der Waals surface area (Å²) < 4.78 is 27.9. The Labute approximate surface area is 138 Å². The summed E-state index contributed by atoms with van der Waals surface area (Å²) in [5.41, 5.74) is 0. The van der Waals surface area contributed by atoms with E-state index in [1.807, 2.05) is 11.8 Å². The van der Waals surface area contributed by atoms with Crippen LogP contribution in [-0.4, -0.2) is 49.6 Å². The normalized spacial score (nSPS) is 21.6. The van der Waals surface area contributed by atoms with Crippen LogP contribution in [-0.2, 0) is 14.8 Å². The number of aliphatic carboxylic acids is 1. The Balaban J connectivity index is 1.93. The number of benzene rings is 1. The van der Waals surface area contributed by atoms with Crippen LogP contribution in [0.3, 0.4) is 0 Å². The van der Waals surface area contributed by atoms with Crippen LogP contribution in [0.15, 0.2) is 33.6 Å². The highest BCUT2D eigenvalue weighted by atomic mass is 79.9. The average Bonchev–Trinajstić information content (AvgIpc) is 2.40. The number of hydrogen-bond acceptors (Lipinski definition) is 4. The molecule has 0 radical (unpaired) electrons. The minimum absolute atomic E-state index is 0.00767. The maximum absolute atomic E-state index is 12.3. The van der Waals surface area contributed by atoms with Gasteiger partial charge in [0.2, 0.25) is 10.0 Å². The van der Waals surface area contributed by atoms with Crippen molar-refractivity contribution in [2.24, 2.45) is 0 Å². The van der Waals surface area contributed by atoms with Gasteiger partial charge in [-0.15, -0.1) is 0 Å². The number of nitrogens with zero attached hydrogens (tertiary/aromatic N) is 1. The van der Waals surface area contributed by atoms with Gasteiger partial charge >= 0.3 is 5.97 Å². The third kappa shape index (κ3) is 4.28. The molecule has 1 aliphatic carbocycles. The molecule has 1 aromatic rings. The zero-order valence-corrected chi connectivity index (χ0v) is 14.6. The molecule has 0 amide bonds. The third-order valence-corrected chi connectivity index (χ3v) is 5.81. The molecule has 0 saturated heterocycles. The fraction of sp³-hybridized carbons (Fsp3) is 0.500. The third-order valence-electron chi connectivity index (χ3n) is 3.80. The maximum atomic E-state index is 12.3. The Bertz CT molecular complexity index is 644. The fourth-order valence-electron chi connectivity index (χ4n) is 2.58. The summed E-state index contributed by atoms with van der Waals surface area (Å²) in [5, 5.41) is 8.85.